The number of ether oxygens (including phenoxy) is 2. The van der Waals surface area contributed by atoms with Crippen molar-refractivity contribution >= 4 is 0 Å². The molecule has 2 aliphatic heterocycles. The first-order chi connectivity index (χ1) is 9.61. The Morgan fingerprint density at radius 1 is 1.25 bits per heavy atom. The Kier molecular flexibility index (Phi) is 3.85. The molecule has 2 aliphatic rings. The van der Waals surface area contributed by atoms with Crippen LogP contribution in [0.1, 0.15) is 42.0 Å². The van der Waals surface area contributed by atoms with Crippen molar-refractivity contribution in [3.05, 3.63) is 34.9 Å². The van der Waals surface area contributed by atoms with Crippen molar-refractivity contribution in [1.29, 1.82) is 0 Å². The average molecular weight is 275 g/mol. The van der Waals surface area contributed by atoms with Gasteiger partial charge in [0.1, 0.15) is 0 Å². The molecule has 0 aromatic heterocycles. The van der Waals surface area contributed by atoms with E-state index in [2.05, 4.69) is 32.0 Å². The Bertz CT molecular complexity index is 460. The van der Waals surface area contributed by atoms with Crippen molar-refractivity contribution in [2.75, 3.05) is 19.8 Å². The summed E-state index contributed by atoms with van der Waals surface area (Å²) in [7, 11) is 0. The summed E-state index contributed by atoms with van der Waals surface area (Å²) in [5.41, 5.74) is 10.5. The maximum Gasteiger partial charge on any atom is 0.0940 e. The van der Waals surface area contributed by atoms with Gasteiger partial charge in [0.15, 0.2) is 0 Å². The largest absolute Gasteiger partial charge is 0.378 e. The number of hydrogen-bond acceptors (Lipinski definition) is 3. The van der Waals surface area contributed by atoms with Gasteiger partial charge in [0.2, 0.25) is 0 Å². The lowest BCUT2D eigenvalue weighted by molar-refractivity contribution is -0.101. The molecule has 0 bridgehead atoms. The molecule has 110 valence electrons. The van der Waals surface area contributed by atoms with Gasteiger partial charge in [-0.1, -0.05) is 18.2 Å². The van der Waals surface area contributed by atoms with E-state index in [4.69, 9.17) is 15.2 Å². The van der Waals surface area contributed by atoms with Crippen molar-refractivity contribution < 1.29 is 9.47 Å². The van der Waals surface area contributed by atoms with Crippen LogP contribution in [0.4, 0.5) is 0 Å². The van der Waals surface area contributed by atoms with E-state index in [-0.39, 0.29) is 11.6 Å². The molecule has 1 aromatic rings. The van der Waals surface area contributed by atoms with Crippen molar-refractivity contribution in [2.24, 2.45) is 11.7 Å². The second kappa shape index (κ2) is 5.47. The van der Waals surface area contributed by atoms with Crippen molar-refractivity contribution in [2.45, 2.75) is 44.8 Å². The lowest BCUT2D eigenvalue weighted by Crippen LogP contribution is -2.43. The van der Waals surface area contributed by atoms with Crippen LogP contribution in [0.15, 0.2) is 18.2 Å². The first-order valence-corrected chi connectivity index (χ1v) is 7.65. The fourth-order valence-electron chi connectivity index (χ4n) is 3.82. The van der Waals surface area contributed by atoms with Crippen molar-refractivity contribution in [3.63, 3.8) is 0 Å². The highest BCUT2D eigenvalue weighted by Crippen LogP contribution is 2.41. The number of nitrogens with two attached hydrogens (primary N) is 1. The van der Waals surface area contributed by atoms with E-state index in [1.807, 2.05) is 0 Å². The van der Waals surface area contributed by atoms with Crippen LogP contribution in [0.25, 0.3) is 0 Å². The standard InChI is InChI=1S/C17H25NO2/c1-12-4-3-5-13(2)15(12)16(18)14-6-8-20-17(10-14)7-9-19-11-17/h3-5,14,16H,6-11,18H2,1-2H3. The summed E-state index contributed by atoms with van der Waals surface area (Å²) in [6.07, 6.45) is 3.10. The zero-order valence-electron chi connectivity index (χ0n) is 12.5. The van der Waals surface area contributed by atoms with Crippen LogP contribution in [0.3, 0.4) is 0 Å². The number of rotatable bonds is 2. The highest BCUT2D eigenvalue weighted by molar-refractivity contribution is 5.36. The zero-order chi connectivity index (χ0) is 14.2. The van der Waals surface area contributed by atoms with Crippen molar-refractivity contribution in [3.8, 4) is 0 Å². The molecule has 3 rings (SSSR count). The maximum absolute atomic E-state index is 6.63. The first-order valence-electron chi connectivity index (χ1n) is 7.65. The molecule has 2 heterocycles. The van der Waals surface area contributed by atoms with Gasteiger partial charge in [0, 0.05) is 25.7 Å². The van der Waals surface area contributed by atoms with Crippen LogP contribution in [-0.2, 0) is 9.47 Å². The minimum absolute atomic E-state index is 0.0584. The molecule has 2 fully saturated rings. The molecule has 1 spiro atoms. The molecular formula is C17H25NO2. The van der Waals surface area contributed by atoms with Gasteiger partial charge in [-0.3, -0.25) is 0 Å². The van der Waals surface area contributed by atoms with Crippen LogP contribution in [-0.4, -0.2) is 25.4 Å². The molecule has 3 nitrogen and oxygen atoms in total. The molecule has 0 saturated carbocycles. The van der Waals surface area contributed by atoms with Gasteiger partial charge in [-0.15, -0.1) is 0 Å². The van der Waals surface area contributed by atoms with E-state index in [0.29, 0.717) is 5.92 Å². The number of benzene rings is 1. The second-order valence-electron chi connectivity index (χ2n) is 6.42. The summed E-state index contributed by atoms with van der Waals surface area (Å²) in [4.78, 5) is 0. The molecule has 3 unspecified atom stereocenters. The van der Waals surface area contributed by atoms with E-state index in [0.717, 1.165) is 39.1 Å². The Morgan fingerprint density at radius 2 is 2.00 bits per heavy atom. The summed E-state index contributed by atoms with van der Waals surface area (Å²) in [5.74, 6) is 0.491. The maximum atomic E-state index is 6.63. The summed E-state index contributed by atoms with van der Waals surface area (Å²) in [6, 6.07) is 6.54. The van der Waals surface area contributed by atoms with Gasteiger partial charge in [0.05, 0.1) is 12.2 Å². The van der Waals surface area contributed by atoms with Crippen LogP contribution >= 0.6 is 0 Å². The summed E-state index contributed by atoms with van der Waals surface area (Å²) in [6.45, 7) is 6.70. The Labute approximate surface area is 121 Å². The van der Waals surface area contributed by atoms with Gasteiger partial charge < -0.3 is 15.2 Å². The van der Waals surface area contributed by atoms with Crippen LogP contribution in [0.5, 0.6) is 0 Å². The molecule has 2 saturated heterocycles. The summed E-state index contributed by atoms with van der Waals surface area (Å²) < 4.78 is 11.6. The predicted molar refractivity (Wildman–Crippen MR) is 79.7 cm³/mol. The van der Waals surface area contributed by atoms with Gasteiger partial charge in [-0.05, 0) is 49.3 Å². The monoisotopic (exact) mass is 275 g/mol. The highest BCUT2D eigenvalue weighted by atomic mass is 16.6. The molecule has 1 aromatic carbocycles. The van der Waals surface area contributed by atoms with Crippen LogP contribution in [0, 0.1) is 19.8 Å². The Hall–Kier alpha value is -0.900. The van der Waals surface area contributed by atoms with E-state index < -0.39 is 0 Å². The molecule has 0 aliphatic carbocycles. The lowest BCUT2D eigenvalue weighted by Gasteiger charge is -2.40. The third-order valence-electron chi connectivity index (χ3n) is 4.98. The molecule has 0 radical (unpaired) electrons. The Morgan fingerprint density at radius 3 is 2.65 bits per heavy atom. The molecule has 3 heteroatoms. The topological polar surface area (TPSA) is 44.5 Å². The van der Waals surface area contributed by atoms with Crippen LogP contribution < -0.4 is 5.73 Å². The van der Waals surface area contributed by atoms with Gasteiger partial charge >= 0.3 is 0 Å². The minimum atomic E-state index is -0.0584. The third-order valence-corrected chi connectivity index (χ3v) is 4.98. The van der Waals surface area contributed by atoms with E-state index in [9.17, 15) is 0 Å². The molecule has 2 N–H and O–H groups in total. The zero-order valence-corrected chi connectivity index (χ0v) is 12.5. The molecule has 20 heavy (non-hydrogen) atoms. The first kappa shape index (κ1) is 14.1. The fraction of sp³-hybridized carbons (Fsp3) is 0.647. The Balaban J connectivity index is 1.81. The van der Waals surface area contributed by atoms with Crippen LogP contribution in [0.2, 0.25) is 0 Å². The smallest absolute Gasteiger partial charge is 0.0940 e. The normalized spacial score (nSPS) is 31.6. The predicted octanol–water partition coefficient (Wildman–Crippen LogP) is 2.89. The lowest BCUT2D eigenvalue weighted by atomic mass is 9.77. The van der Waals surface area contributed by atoms with E-state index in [1.54, 1.807) is 0 Å². The highest BCUT2D eigenvalue weighted by Gasteiger charge is 2.42. The van der Waals surface area contributed by atoms with Gasteiger partial charge in [-0.25, -0.2) is 0 Å². The molecular weight excluding hydrogens is 250 g/mol. The molecule has 3 atom stereocenters. The average Bonchev–Trinajstić information content (AvgIpc) is 2.86. The molecule has 0 amide bonds. The summed E-state index contributed by atoms with van der Waals surface area (Å²) in [5, 5.41) is 0. The summed E-state index contributed by atoms with van der Waals surface area (Å²) >= 11 is 0. The second-order valence-corrected chi connectivity index (χ2v) is 6.42. The number of hydrogen-bond donors (Lipinski definition) is 1. The quantitative estimate of drug-likeness (QED) is 0.902. The number of aryl methyl sites for hydroxylation is 2. The van der Waals surface area contributed by atoms with Gasteiger partial charge in [-0.2, -0.15) is 0 Å². The third kappa shape index (κ3) is 2.50. The minimum Gasteiger partial charge on any atom is -0.378 e. The SMILES string of the molecule is Cc1cccc(C)c1C(N)C1CCOC2(CCOC2)C1. The van der Waals surface area contributed by atoms with E-state index >= 15 is 0 Å². The van der Waals surface area contributed by atoms with E-state index in [1.165, 1.54) is 16.7 Å². The van der Waals surface area contributed by atoms with Gasteiger partial charge in [0.25, 0.3) is 0 Å². The fourth-order valence-corrected chi connectivity index (χ4v) is 3.82. The van der Waals surface area contributed by atoms with Crippen molar-refractivity contribution in [1.82, 2.24) is 0 Å².